The van der Waals surface area contributed by atoms with E-state index in [2.05, 4.69) is 177 Å². The minimum Gasteiger partial charge on any atom is -0.311 e. The van der Waals surface area contributed by atoms with Crippen LogP contribution in [0.5, 0.6) is 0 Å². The smallest absolute Gasteiger partial charge is 0.0991 e. The van der Waals surface area contributed by atoms with Crippen molar-refractivity contribution in [1.82, 2.24) is 4.98 Å². The Morgan fingerprint density at radius 2 is 1.05 bits per heavy atom. The highest BCUT2D eigenvalue weighted by Gasteiger charge is 2.20. The molecule has 0 N–H and O–H groups in total. The maximum Gasteiger partial charge on any atom is 0.0991 e. The van der Waals surface area contributed by atoms with Gasteiger partial charge in [-0.3, -0.25) is 4.98 Å². The van der Waals surface area contributed by atoms with E-state index in [-0.39, 0.29) is 5.41 Å². The van der Waals surface area contributed by atoms with Gasteiger partial charge in [0.1, 0.15) is 0 Å². The molecule has 1 aromatic heterocycles. The average Bonchev–Trinajstić information content (AvgIpc) is 3.23. The Kier molecular flexibility index (Phi) is 8.45. The summed E-state index contributed by atoms with van der Waals surface area (Å²) in [6, 6.07) is 64.8. The molecule has 1 heterocycles. The fourth-order valence-corrected chi connectivity index (χ4v) is 7.92. The summed E-state index contributed by atoms with van der Waals surface area (Å²) in [7, 11) is 0. The van der Waals surface area contributed by atoms with Crippen LogP contribution in [0.1, 0.15) is 31.9 Å². The number of rotatable bonds is 6. The van der Waals surface area contributed by atoms with Crippen LogP contribution in [0.25, 0.3) is 65.8 Å². The van der Waals surface area contributed by atoms with E-state index < -0.39 is 0 Å². The molecule has 0 bridgehead atoms. The normalized spacial score (nSPS) is 11.5. The molecule has 3 heteroatoms. The van der Waals surface area contributed by atoms with Gasteiger partial charge in [-0.2, -0.15) is 5.26 Å². The zero-order valence-corrected chi connectivity index (χ0v) is 31.2. The number of hydrogen-bond acceptors (Lipinski definition) is 3. The van der Waals surface area contributed by atoms with E-state index in [0.717, 1.165) is 39.4 Å². The summed E-state index contributed by atoms with van der Waals surface area (Å²) in [6.07, 6.45) is 1.88. The number of nitrogens with zero attached hydrogens (tertiary/aromatic N) is 3. The first-order chi connectivity index (χ1) is 26.9. The molecule has 9 rings (SSSR count). The second-order valence-electron chi connectivity index (χ2n) is 15.1. The van der Waals surface area contributed by atoms with Gasteiger partial charge in [0.05, 0.1) is 17.3 Å². The van der Waals surface area contributed by atoms with Crippen LogP contribution < -0.4 is 4.90 Å². The lowest BCUT2D eigenvalue weighted by Crippen LogP contribution is -2.13. The first kappa shape index (κ1) is 33.8. The third kappa shape index (κ3) is 6.18. The van der Waals surface area contributed by atoms with E-state index >= 15 is 0 Å². The molecule has 0 atom stereocenters. The summed E-state index contributed by atoms with van der Waals surface area (Å²) < 4.78 is 0. The van der Waals surface area contributed by atoms with Crippen molar-refractivity contribution in [3.63, 3.8) is 0 Å². The number of benzene rings is 8. The Labute approximate surface area is 322 Å². The molecule has 0 amide bonds. The highest BCUT2D eigenvalue weighted by molar-refractivity contribution is 6.23. The highest BCUT2D eigenvalue weighted by Crippen LogP contribution is 2.46. The van der Waals surface area contributed by atoms with Crippen LogP contribution in [-0.4, -0.2) is 4.98 Å². The van der Waals surface area contributed by atoms with Gasteiger partial charge in [-0.1, -0.05) is 130 Å². The predicted molar refractivity (Wildman–Crippen MR) is 231 cm³/mol. The Bertz CT molecular complexity index is 2870. The van der Waals surface area contributed by atoms with Gasteiger partial charge in [0.15, 0.2) is 0 Å². The highest BCUT2D eigenvalue weighted by atomic mass is 15.1. The van der Waals surface area contributed by atoms with Gasteiger partial charge in [-0.05, 0) is 132 Å². The van der Waals surface area contributed by atoms with Gasteiger partial charge < -0.3 is 4.90 Å². The lowest BCUT2D eigenvalue weighted by Gasteiger charge is -2.27. The molecule has 0 saturated carbocycles. The van der Waals surface area contributed by atoms with Gasteiger partial charge in [0.2, 0.25) is 0 Å². The SMILES string of the molecule is CC(C)(C)c1ccc(N(c2ccc(C#N)cc2)c2ccc(-c3ccc4c(-c5ccccn5)c5ccccc5c(-c5cccc6ccccc56)c4c3)cc2)cc1. The summed E-state index contributed by atoms with van der Waals surface area (Å²) >= 11 is 0. The summed E-state index contributed by atoms with van der Waals surface area (Å²) in [5, 5.41) is 16.7. The summed E-state index contributed by atoms with van der Waals surface area (Å²) in [6.45, 7) is 6.70. The van der Waals surface area contributed by atoms with Crippen LogP contribution in [0, 0.1) is 11.3 Å². The first-order valence-electron chi connectivity index (χ1n) is 18.8. The molecule has 8 aromatic carbocycles. The van der Waals surface area contributed by atoms with Crippen molar-refractivity contribution in [2.45, 2.75) is 26.2 Å². The predicted octanol–water partition coefficient (Wildman–Crippen LogP) is 14.2. The zero-order valence-electron chi connectivity index (χ0n) is 31.2. The van der Waals surface area contributed by atoms with Gasteiger partial charge in [-0.25, -0.2) is 0 Å². The van der Waals surface area contributed by atoms with Crippen LogP contribution in [-0.2, 0) is 5.41 Å². The fourth-order valence-electron chi connectivity index (χ4n) is 7.92. The summed E-state index contributed by atoms with van der Waals surface area (Å²) in [5.41, 5.74) is 11.9. The van der Waals surface area contributed by atoms with Crippen LogP contribution in [0.15, 0.2) is 182 Å². The maximum absolute atomic E-state index is 9.50. The molecule has 262 valence electrons. The molecule has 0 aliphatic carbocycles. The maximum atomic E-state index is 9.50. The third-order valence-corrected chi connectivity index (χ3v) is 10.7. The molecule has 0 aliphatic rings. The number of nitriles is 1. The Hall–Kier alpha value is -7.02. The van der Waals surface area contributed by atoms with Crippen molar-refractivity contribution in [2.24, 2.45) is 0 Å². The molecule has 0 spiro atoms. The molecule has 0 unspecified atom stereocenters. The number of fused-ring (bicyclic) bond motifs is 3. The van der Waals surface area contributed by atoms with Crippen molar-refractivity contribution >= 4 is 49.4 Å². The van der Waals surface area contributed by atoms with Crippen molar-refractivity contribution in [2.75, 3.05) is 4.90 Å². The van der Waals surface area contributed by atoms with Crippen molar-refractivity contribution in [1.29, 1.82) is 5.26 Å². The third-order valence-electron chi connectivity index (χ3n) is 10.7. The molecule has 0 radical (unpaired) electrons. The van der Waals surface area contributed by atoms with E-state index in [1.54, 1.807) is 0 Å². The quantitative estimate of drug-likeness (QED) is 0.162. The molecular weight excluding hydrogens is 667 g/mol. The first-order valence-corrected chi connectivity index (χ1v) is 18.8. The van der Waals surface area contributed by atoms with E-state index in [9.17, 15) is 5.26 Å². The second-order valence-corrected chi connectivity index (χ2v) is 15.1. The van der Waals surface area contributed by atoms with Crippen LogP contribution >= 0.6 is 0 Å². The van der Waals surface area contributed by atoms with Crippen LogP contribution in [0.2, 0.25) is 0 Å². The summed E-state index contributed by atoms with van der Waals surface area (Å²) in [4.78, 5) is 7.12. The lowest BCUT2D eigenvalue weighted by atomic mass is 9.84. The fraction of sp³-hybridized carbons (Fsp3) is 0.0769. The number of aromatic nitrogens is 1. The standard InChI is InChI=1S/C52H39N3/c1-52(2,3)39-23-29-42(30-24-39)55(40-25-18-35(34-53)19-26-40)41-27-20-36(21-28-41)38-22-31-47-48(33-38)50(44-16-10-12-37-11-4-5-13-43(37)44)45-14-6-7-15-46(45)51(47)49-17-8-9-32-54-49/h4-33H,1-3H3. The Morgan fingerprint density at radius 3 is 1.71 bits per heavy atom. The van der Waals surface area contributed by atoms with Crippen molar-refractivity contribution in [3.05, 3.63) is 193 Å². The van der Waals surface area contributed by atoms with Crippen LogP contribution in [0.4, 0.5) is 17.1 Å². The van der Waals surface area contributed by atoms with Gasteiger partial charge in [0, 0.05) is 28.8 Å². The van der Waals surface area contributed by atoms with E-state index in [4.69, 9.17) is 4.98 Å². The van der Waals surface area contributed by atoms with Gasteiger partial charge >= 0.3 is 0 Å². The Morgan fingerprint density at radius 1 is 0.491 bits per heavy atom. The molecule has 9 aromatic rings. The molecular formula is C52H39N3. The minimum atomic E-state index is 0.0530. The topological polar surface area (TPSA) is 39.9 Å². The van der Waals surface area contributed by atoms with E-state index in [1.165, 1.54) is 49.0 Å². The van der Waals surface area contributed by atoms with Gasteiger partial charge in [-0.15, -0.1) is 0 Å². The number of pyridine rings is 1. The molecule has 0 fully saturated rings. The zero-order chi connectivity index (χ0) is 37.5. The molecule has 0 saturated heterocycles. The minimum absolute atomic E-state index is 0.0530. The average molecular weight is 706 g/mol. The second kappa shape index (κ2) is 13.8. The monoisotopic (exact) mass is 705 g/mol. The number of hydrogen-bond donors (Lipinski definition) is 0. The van der Waals surface area contributed by atoms with Crippen molar-refractivity contribution in [3.8, 4) is 39.6 Å². The van der Waals surface area contributed by atoms with Crippen LogP contribution in [0.3, 0.4) is 0 Å². The van der Waals surface area contributed by atoms with Crippen molar-refractivity contribution < 1.29 is 0 Å². The molecule has 0 aliphatic heterocycles. The largest absolute Gasteiger partial charge is 0.311 e. The number of anilines is 3. The van der Waals surface area contributed by atoms with E-state index in [0.29, 0.717) is 5.56 Å². The molecule has 55 heavy (non-hydrogen) atoms. The molecule has 3 nitrogen and oxygen atoms in total. The lowest BCUT2D eigenvalue weighted by molar-refractivity contribution is 0.590. The van der Waals surface area contributed by atoms with E-state index in [1.807, 2.05) is 36.5 Å². The Balaban J connectivity index is 1.22. The van der Waals surface area contributed by atoms with Gasteiger partial charge in [0.25, 0.3) is 0 Å². The summed E-state index contributed by atoms with van der Waals surface area (Å²) in [5.74, 6) is 0.